The number of tetrazole rings is 1. The molecule has 0 unspecified atom stereocenters. The highest BCUT2D eigenvalue weighted by Gasteiger charge is 2.26. The number of piperidine rings is 1. The van der Waals surface area contributed by atoms with Crippen molar-refractivity contribution in [3.63, 3.8) is 0 Å². The van der Waals surface area contributed by atoms with E-state index >= 15 is 0 Å². The molecule has 0 aliphatic carbocycles. The van der Waals surface area contributed by atoms with Crippen LogP contribution in [0.25, 0.3) is 5.65 Å². The number of nitrogens with one attached hydrogen (secondary N) is 1. The normalized spacial score (nSPS) is 14.8. The van der Waals surface area contributed by atoms with Gasteiger partial charge in [-0.2, -0.15) is 0 Å². The lowest BCUT2D eigenvalue weighted by Crippen LogP contribution is -2.38. The first kappa shape index (κ1) is 19.8. The van der Waals surface area contributed by atoms with E-state index in [2.05, 4.69) is 35.8 Å². The van der Waals surface area contributed by atoms with E-state index in [1.54, 1.807) is 6.20 Å². The molecule has 0 radical (unpaired) electrons. The number of carbonyl (C=O) groups is 1. The molecule has 0 atom stereocenters. The summed E-state index contributed by atoms with van der Waals surface area (Å²) in [5.74, 6) is 0.772. The van der Waals surface area contributed by atoms with Gasteiger partial charge in [-0.1, -0.05) is 29.8 Å². The molecule has 1 N–H and O–H groups in total. The number of amides is 1. The highest BCUT2D eigenvalue weighted by Crippen LogP contribution is 2.27. The van der Waals surface area contributed by atoms with Crippen molar-refractivity contribution in [1.82, 2.24) is 30.2 Å². The van der Waals surface area contributed by atoms with E-state index in [0.717, 1.165) is 47.2 Å². The number of anilines is 2. The van der Waals surface area contributed by atoms with Gasteiger partial charge in [0.25, 0.3) is 0 Å². The Morgan fingerprint density at radius 2 is 2.03 bits per heavy atom. The molecule has 1 aliphatic heterocycles. The van der Waals surface area contributed by atoms with Crippen LogP contribution in [-0.2, 0) is 11.2 Å². The van der Waals surface area contributed by atoms with Gasteiger partial charge in [0.15, 0.2) is 16.6 Å². The molecular weight excluding hydrogens is 436 g/mol. The van der Waals surface area contributed by atoms with Gasteiger partial charge in [-0.05, 0) is 47.0 Å². The Labute approximate surface area is 187 Å². The minimum atomic E-state index is -0.0519. The highest BCUT2D eigenvalue weighted by molar-refractivity contribution is 7.15. The largest absolute Gasteiger partial charge is 0.355 e. The standard InChI is InChI=1S/C20H19ClN8OS/c21-16-4-2-1-3-14(16)11-15-12-22-20(31-15)23-19(30)13-7-9-28(10-8-13)18-6-5-17-24-26-27-29(17)25-18/h1-6,12-13H,7-11H2,(H,22,23,30). The van der Waals surface area contributed by atoms with Crippen molar-refractivity contribution in [3.8, 4) is 0 Å². The first-order valence-corrected chi connectivity index (χ1v) is 11.1. The van der Waals surface area contributed by atoms with Crippen LogP contribution in [0.15, 0.2) is 42.6 Å². The second kappa shape index (κ2) is 8.56. The number of carbonyl (C=O) groups excluding carboxylic acids is 1. The second-order valence-electron chi connectivity index (χ2n) is 7.37. The molecule has 1 fully saturated rings. The van der Waals surface area contributed by atoms with E-state index in [-0.39, 0.29) is 11.8 Å². The maximum Gasteiger partial charge on any atom is 0.229 e. The summed E-state index contributed by atoms with van der Waals surface area (Å²) in [7, 11) is 0. The van der Waals surface area contributed by atoms with Crippen molar-refractivity contribution in [2.75, 3.05) is 23.3 Å². The SMILES string of the molecule is O=C(Nc1ncc(Cc2ccccc2Cl)s1)C1CCN(c2ccc3nnnn3n2)CC1. The lowest BCUT2D eigenvalue weighted by Gasteiger charge is -2.31. The van der Waals surface area contributed by atoms with Gasteiger partial charge in [-0.3, -0.25) is 4.79 Å². The van der Waals surface area contributed by atoms with Crippen LogP contribution in [0.4, 0.5) is 10.9 Å². The predicted octanol–water partition coefficient (Wildman–Crippen LogP) is 3.08. The minimum absolute atomic E-state index is 0.0159. The zero-order chi connectivity index (χ0) is 21.2. The summed E-state index contributed by atoms with van der Waals surface area (Å²) in [5.41, 5.74) is 1.65. The maximum absolute atomic E-state index is 12.7. The van der Waals surface area contributed by atoms with Gasteiger partial charge in [-0.15, -0.1) is 26.2 Å². The fourth-order valence-electron chi connectivity index (χ4n) is 3.66. The van der Waals surface area contributed by atoms with E-state index in [4.69, 9.17) is 11.6 Å². The number of aromatic nitrogens is 6. The predicted molar refractivity (Wildman–Crippen MR) is 119 cm³/mol. The van der Waals surface area contributed by atoms with Crippen LogP contribution in [-0.4, -0.2) is 49.2 Å². The lowest BCUT2D eigenvalue weighted by atomic mass is 9.96. The third kappa shape index (κ3) is 4.35. The second-order valence-corrected chi connectivity index (χ2v) is 8.89. The van der Waals surface area contributed by atoms with Crippen molar-refractivity contribution < 1.29 is 4.79 Å². The quantitative estimate of drug-likeness (QED) is 0.494. The summed E-state index contributed by atoms with van der Waals surface area (Å²) in [6, 6.07) is 11.5. The van der Waals surface area contributed by atoms with Crippen molar-refractivity contribution in [1.29, 1.82) is 0 Å². The molecule has 0 spiro atoms. The Morgan fingerprint density at radius 3 is 2.87 bits per heavy atom. The average Bonchev–Trinajstić information content (AvgIpc) is 3.44. The van der Waals surface area contributed by atoms with Gasteiger partial charge in [0.05, 0.1) is 0 Å². The number of benzene rings is 1. The van der Waals surface area contributed by atoms with Crippen molar-refractivity contribution >= 4 is 45.4 Å². The Balaban J connectivity index is 1.16. The number of thiazole rings is 1. The van der Waals surface area contributed by atoms with Crippen LogP contribution >= 0.6 is 22.9 Å². The lowest BCUT2D eigenvalue weighted by molar-refractivity contribution is -0.120. The highest BCUT2D eigenvalue weighted by atomic mass is 35.5. The molecule has 31 heavy (non-hydrogen) atoms. The van der Waals surface area contributed by atoms with E-state index in [9.17, 15) is 4.79 Å². The molecule has 1 amide bonds. The zero-order valence-electron chi connectivity index (χ0n) is 16.5. The van der Waals surface area contributed by atoms with Gasteiger partial charge >= 0.3 is 0 Å². The van der Waals surface area contributed by atoms with E-state index < -0.39 is 0 Å². The summed E-state index contributed by atoms with van der Waals surface area (Å²) in [6.45, 7) is 1.49. The maximum atomic E-state index is 12.7. The Bertz CT molecular complexity index is 1220. The molecule has 4 aromatic rings. The van der Waals surface area contributed by atoms with Crippen molar-refractivity contribution in [2.24, 2.45) is 5.92 Å². The van der Waals surface area contributed by atoms with Gasteiger partial charge in [0, 0.05) is 41.5 Å². The third-order valence-electron chi connectivity index (χ3n) is 5.35. The number of hydrogen-bond donors (Lipinski definition) is 1. The molecule has 3 aromatic heterocycles. The fraction of sp³-hybridized carbons (Fsp3) is 0.300. The van der Waals surface area contributed by atoms with Crippen LogP contribution in [0.2, 0.25) is 5.02 Å². The van der Waals surface area contributed by atoms with E-state index in [1.807, 2.05) is 36.4 Å². The third-order valence-corrected chi connectivity index (χ3v) is 6.63. The number of fused-ring (bicyclic) bond motifs is 1. The van der Waals surface area contributed by atoms with Gasteiger partial charge in [0.1, 0.15) is 0 Å². The average molecular weight is 455 g/mol. The van der Waals surface area contributed by atoms with Gasteiger partial charge in [-0.25, -0.2) is 4.98 Å². The number of hydrogen-bond acceptors (Lipinski definition) is 8. The van der Waals surface area contributed by atoms with Crippen LogP contribution < -0.4 is 10.2 Å². The smallest absolute Gasteiger partial charge is 0.229 e. The molecule has 1 aliphatic rings. The molecule has 0 bridgehead atoms. The van der Waals surface area contributed by atoms with Crippen LogP contribution in [0, 0.1) is 5.92 Å². The number of nitrogens with zero attached hydrogens (tertiary/aromatic N) is 7. The molecule has 1 aromatic carbocycles. The summed E-state index contributed by atoms with van der Waals surface area (Å²) < 4.78 is 1.41. The van der Waals surface area contributed by atoms with Crippen molar-refractivity contribution in [3.05, 3.63) is 58.1 Å². The number of halogens is 1. The van der Waals surface area contributed by atoms with E-state index in [1.165, 1.54) is 16.0 Å². The Morgan fingerprint density at radius 1 is 1.19 bits per heavy atom. The number of rotatable bonds is 5. The summed E-state index contributed by atoms with van der Waals surface area (Å²) in [4.78, 5) is 20.3. The Kier molecular flexibility index (Phi) is 5.47. The minimum Gasteiger partial charge on any atom is -0.355 e. The topological polar surface area (TPSA) is 101 Å². The molecule has 11 heteroatoms. The molecule has 5 rings (SSSR count). The fourth-order valence-corrected chi connectivity index (χ4v) is 4.70. The van der Waals surface area contributed by atoms with E-state index in [0.29, 0.717) is 17.2 Å². The van der Waals surface area contributed by atoms with Crippen molar-refractivity contribution in [2.45, 2.75) is 19.3 Å². The summed E-state index contributed by atoms with van der Waals surface area (Å²) in [6.07, 6.45) is 4.00. The van der Waals surface area contributed by atoms with Crippen LogP contribution in [0.5, 0.6) is 0 Å². The zero-order valence-corrected chi connectivity index (χ0v) is 18.1. The van der Waals surface area contributed by atoms with Gasteiger partial charge < -0.3 is 10.2 Å². The molecule has 158 valence electrons. The van der Waals surface area contributed by atoms with Gasteiger partial charge in [0.2, 0.25) is 5.91 Å². The molecule has 4 heterocycles. The van der Waals surface area contributed by atoms with Crippen LogP contribution in [0.1, 0.15) is 23.3 Å². The molecule has 1 saturated heterocycles. The molecular formula is C20H19ClN8OS. The monoisotopic (exact) mass is 454 g/mol. The summed E-state index contributed by atoms with van der Waals surface area (Å²) >= 11 is 7.73. The first-order valence-electron chi connectivity index (χ1n) is 9.95. The Hall–Kier alpha value is -3.11. The van der Waals surface area contributed by atoms with Crippen LogP contribution in [0.3, 0.4) is 0 Å². The first-order chi connectivity index (χ1) is 15.2. The molecule has 9 nitrogen and oxygen atoms in total. The molecule has 0 saturated carbocycles. The summed E-state index contributed by atoms with van der Waals surface area (Å²) in [5, 5.41) is 20.1.